The Morgan fingerprint density at radius 2 is 2.14 bits per heavy atom. The average molecular weight is 308 g/mol. The zero-order chi connectivity index (χ0) is 15.2. The first-order valence-corrected chi connectivity index (χ1v) is 8.73. The highest BCUT2D eigenvalue weighted by Crippen LogP contribution is 2.39. The fourth-order valence-corrected chi connectivity index (χ4v) is 3.42. The van der Waals surface area contributed by atoms with Crippen molar-refractivity contribution in [2.75, 3.05) is 12.4 Å². The molecule has 3 nitrogen and oxygen atoms in total. The average Bonchev–Trinajstić information content (AvgIpc) is 2.90. The van der Waals surface area contributed by atoms with Gasteiger partial charge in [0, 0.05) is 6.42 Å². The summed E-state index contributed by atoms with van der Waals surface area (Å²) in [6.07, 6.45) is 3.34. The fraction of sp³-hybridized carbons (Fsp3) is 0.588. The molecule has 4 heteroatoms. The largest absolute Gasteiger partial charge is 0.492 e. The molecule has 0 spiro atoms. The lowest BCUT2D eigenvalue weighted by Crippen LogP contribution is -2.03. The van der Waals surface area contributed by atoms with Crippen LogP contribution in [0.25, 0.3) is 0 Å². The molecule has 1 fully saturated rings. The Balaban J connectivity index is 2.27. The number of rotatable bonds is 7. The monoisotopic (exact) mass is 308 g/mol. The van der Waals surface area contributed by atoms with E-state index in [-0.39, 0.29) is 12.1 Å². The molecule has 1 aliphatic rings. The normalized spacial score (nSPS) is 17.9. The second kappa shape index (κ2) is 7.74. The number of carbonyl (C=O) groups is 1. The van der Waals surface area contributed by atoms with Gasteiger partial charge in [-0.05, 0) is 55.2 Å². The van der Waals surface area contributed by atoms with Crippen molar-refractivity contribution in [3.8, 4) is 5.75 Å². The highest BCUT2D eigenvalue weighted by molar-refractivity contribution is 7.99. The summed E-state index contributed by atoms with van der Waals surface area (Å²) in [6, 6.07) is 4.24. The first-order chi connectivity index (χ1) is 10.2. The van der Waals surface area contributed by atoms with Gasteiger partial charge in [0.15, 0.2) is 0 Å². The Kier molecular flexibility index (Phi) is 5.97. The van der Waals surface area contributed by atoms with Crippen LogP contribution in [-0.2, 0) is 9.53 Å². The minimum Gasteiger partial charge on any atom is -0.492 e. The molecule has 1 atom stereocenters. The molecule has 2 rings (SSSR count). The molecular weight excluding hydrogens is 284 g/mol. The maximum atomic E-state index is 11.3. The lowest BCUT2D eigenvalue weighted by molar-refractivity contribution is -0.141. The minimum atomic E-state index is -0.0910. The van der Waals surface area contributed by atoms with Crippen LogP contribution in [0.5, 0.6) is 5.75 Å². The zero-order valence-corrected chi connectivity index (χ0v) is 13.9. The first kappa shape index (κ1) is 16.2. The molecule has 0 saturated carbocycles. The molecule has 0 bridgehead atoms. The maximum Gasteiger partial charge on any atom is 0.306 e. The topological polar surface area (TPSA) is 35.5 Å². The third-order valence-corrected chi connectivity index (χ3v) is 4.66. The van der Waals surface area contributed by atoms with Gasteiger partial charge in [0.05, 0.1) is 11.5 Å². The van der Waals surface area contributed by atoms with E-state index in [1.807, 2.05) is 11.8 Å². The van der Waals surface area contributed by atoms with E-state index in [9.17, 15) is 4.79 Å². The molecule has 0 aromatic heterocycles. The van der Waals surface area contributed by atoms with Gasteiger partial charge < -0.3 is 9.47 Å². The van der Waals surface area contributed by atoms with E-state index in [0.717, 1.165) is 48.5 Å². The summed E-state index contributed by atoms with van der Waals surface area (Å²) in [5.41, 5.74) is 2.23. The first-order valence-electron chi connectivity index (χ1n) is 7.75. The molecule has 0 amide bonds. The third-order valence-electron chi connectivity index (χ3n) is 3.43. The molecule has 0 radical (unpaired) electrons. The number of thioether (sulfide) groups is 1. The van der Waals surface area contributed by atoms with E-state index >= 15 is 0 Å². The van der Waals surface area contributed by atoms with Crippen molar-refractivity contribution in [1.29, 1.82) is 0 Å². The summed E-state index contributed by atoms with van der Waals surface area (Å²) in [5.74, 6) is 1.96. The maximum absolute atomic E-state index is 11.3. The number of cyclic esters (lactones) is 1. The predicted octanol–water partition coefficient (Wildman–Crippen LogP) is 4.66. The van der Waals surface area contributed by atoms with Crippen LogP contribution in [0.3, 0.4) is 0 Å². The number of ether oxygens (including phenoxy) is 2. The molecule has 0 aliphatic carbocycles. The van der Waals surface area contributed by atoms with E-state index in [1.165, 1.54) is 4.90 Å². The van der Waals surface area contributed by atoms with Gasteiger partial charge in [-0.3, -0.25) is 4.79 Å². The Morgan fingerprint density at radius 3 is 2.76 bits per heavy atom. The van der Waals surface area contributed by atoms with E-state index in [1.54, 1.807) is 0 Å². The summed E-state index contributed by atoms with van der Waals surface area (Å²) >= 11 is 1.82. The smallest absolute Gasteiger partial charge is 0.306 e. The Hall–Kier alpha value is -1.16. The molecular formula is C17H24O3S. The van der Waals surface area contributed by atoms with Crippen LogP contribution < -0.4 is 4.74 Å². The highest BCUT2D eigenvalue weighted by atomic mass is 32.2. The van der Waals surface area contributed by atoms with Gasteiger partial charge in [0.2, 0.25) is 0 Å². The van der Waals surface area contributed by atoms with E-state index in [4.69, 9.17) is 9.47 Å². The summed E-state index contributed by atoms with van der Waals surface area (Å²) in [7, 11) is 0. The fourth-order valence-electron chi connectivity index (χ4n) is 2.42. The summed E-state index contributed by atoms with van der Waals surface area (Å²) < 4.78 is 11.3. The van der Waals surface area contributed by atoms with Crippen molar-refractivity contribution in [2.24, 2.45) is 0 Å². The number of benzene rings is 1. The van der Waals surface area contributed by atoms with Crippen molar-refractivity contribution < 1.29 is 14.3 Å². The number of hydrogen-bond acceptors (Lipinski definition) is 4. The van der Waals surface area contributed by atoms with Gasteiger partial charge in [-0.2, -0.15) is 0 Å². The molecule has 1 aromatic carbocycles. The van der Waals surface area contributed by atoms with Gasteiger partial charge in [0.1, 0.15) is 11.9 Å². The SMILES string of the molecule is CCCOc1c(C)cc(C2CCC(=O)O2)cc1SCCC. The number of esters is 1. The Labute approximate surface area is 131 Å². The number of aryl methyl sites for hydroxylation is 1. The zero-order valence-electron chi connectivity index (χ0n) is 13.1. The second-order valence-corrected chi connectivity index (χ2v) is 6.52. The predicted molar refractivity (Wildman–Crippen MR) is 86.0 cm³/mol. The third kappa shape index (κ3) is 4.16. The van der Waals surface area contributed by atoms with E-state index < -0.39 is 0 Å². The summed E-state index contributed by atoms with van der Waals surface area (Å²) in [5, 5.41) is 0. The van der Waals surface area contributed by atoms with Crippen LogP contribution >= 0.6 is 11.8 Å². The van der Waals surface area contributed by atoms with Crippen molar-refractivity contribution in [1.82, 2.24) is 0 Å². The van der Waals surface area contributed by atoms with Crippen LogP contribution in [0.15, 0.2) is 17.0 Å². The van der Waals surface area contributed by atoms with Crippen LogP contribution in [0, 0.1) is 6.92 Å². The quantitative estimate of drug-likeness (QED) is 0.542. The van der Waals surface area contributed by atoms with Crippen molar-refractivity contribution >= 4 is 17.7 Å². The van der Waals surface area contributed by atoms with Crippen LogP contribution in [-0.4, -0.2) is 18.3 Å². The number of hydrogen-bond donors (Lipinski definition) is 0. The van der Waals surface area contributed by atoms with Gasteiger partial charge in [0.25, 0.3) is 0 Å². The molecule has 1 heterocycles. The van der Waals surface area contributed by atoms with E-state index in [2.05, 4.69) is 32.9 Å². The molecule has 116 valence electrons. The highest BCUT2D eigenvalue weighted by Gasteiger charge is 2.26. The van der Waals surface area contributed by atoms with Gasteiger partial charge in [-0.15, -0.1) is 11.8 Å². The van der Waals surface area contributed by atoms with Crippen LogP contribution in [0.1, 0.15) is 56.8 Å². The number of carbonyl (C=O) groups excluding carboxylic acids is 1. The standard InChI is InChI=1S/C17H24O3S/c1-4-8-19-17-12(3)10-13(11-15(17)21-9-5-2)14-6-7-16(18)20-14/h10-11,14H,4-9H2,1-3H3. The summed E-state index contributed by atoms with van der Waals surface area (Å²) in [6.45, 7) is 7.09. The van der Waals surface area contributed by atoms with Crippen LogP contribution in [0.2, 0.25) is 0 Å². The van der Waals surface area contributed by atoms with E-state index in [0.29, 0.717) is 6.42 Å². The van der Waals surface area contributed by atoms with Crippen molar-refractivity contribution in [3.05, 3.63) is 23.3 Å². The molecule has 1 saturated heterocycles. The molecule has 21 heavy (non-hydrogen) atoms. The Bertz CT molecular complexity index is 499. The van der Waals surface area contributed by atoms with Crippen molar-refractivity contribution in [2.45, 2.75) is 57.5 Å². The Morgan fingerprint density at radius 1 is 1.33 bits per heavy atom. The molecule has 1 aromatic rings. The lowest BCUT2D eigenvalue weighted by Gasteiger charge is -2.17. The van der Waals surface area contributed by atoms with Crippen LogP contribution in [0.4, 0.5) is 0 Å². The summed E-state index contributed by atoms with van der Waals surface area (Å²) in [4.78, 5) is 12.5. The molecule has 1 aliphatic heterocycles. The minimum absolute atomic E-state index is 0.0857. The lowest BCUT2D eigenvalue weighted by atomic mass is 10.0. The van der Waals surface area contributed by atoms with Gasteiger partial charge >= 0.3 is 5.97 Å². The van der Waals surface area contributed by atoms with Crippen molar-refractivity contribution in [3.63, 3.8) is 0 Å². The van der Waals surface area contributed by atoms with Gasteiger partial charge in [-0.1, -0.05) is 13.8 Å². The van der Waals surface area contributed by atoms with Gasteiger partial charge in [-0.25, -0.2) is 0 Å². The second-order valence-electron chi connectivity index (χ2n) is 5.38. The molecule has 0 N–H and O–H groups in total. The molecule has 1 unspecified atom stereocenters.